The largest absolute Gasteiger partial charge is 0.497 e. The quantitative estimate of drug-likeness (QED) is 0.533. The first-order valence-electron chi connectivity index (χ1n) is 10.3. The van der Waals surface area contributed by atoms with Gasteiger partial charge in [-0.25, -0.2) is 4.98 Å². The highest BCUT2D eigenvalue weighted by Crippen LogP contribution is 2.40. The third kappa shape index (κ3) is 3.49. The van der Waals surface area contributed by atoms with Crippen molar-refractivity contribution >= 4 is 11.7 Å². The molecule has 4 aromatic rings. The number of carbonyl (C=O) groups excluding carboxylic acids is 1. The lowest BCUT2D eigenvalue weighted by molar-refractivity contribution is -0.116. The first-order valence-corrected chi connectivity index (χ1v) is 10.3. The van der Waals surface area contributed by atoms with E-state index in [4.69, 9.17) is 4.74 Å². The number of fused-ring (bicyclic) bond motifs is 1. The van der Waals surface area contributed by atoms with Gasteiger partial charge < -0.3 is 10.1 Å². The van der Waals surface area contributed by atoms with Crippen LogP contribution >= 0.6 is 0 Å². The maximum absolute atomic E-state index is 12.6. The Morgan fingerprint density at radius 1 is 1.12 bits per heavy atom. The van der Waals surface area contributed by atoms with Gasteiger partial charge in [-0.2, -0.15) is 14.9 Å². The molecule has 8 heteroatoms. The second kappa shape index (κ2) is 7.88. The second-order valence-corrected chi connectivity index (χ2v) is 7.85. The zero-order chi connectivity index (χ0) is 22.2. The van der Waals surface area contributed by atoms with E-state index >= 15 is 0 Å². The van der Waals surface area contributed by atoms with Crippen molar-refractivity contribution in [1.82, 2.24) is 25.0 Å². The number of nitrogens with one attached hydrogen (secondary N) is 1. The number of hydrogen-bond acceptors (Lipinski definition) is 6. The molecular formula is C24H22N6O2. The summed E-state index contributed by atoms with van der Waals surface area (Å²) in [7, 11) is 1.63. The number of ether oxygens (including phenoxy) is 1. The summed E-state index contributed by atoms with van der Waals surface area (Å²) < 4.78 is 6.80. The molecule has 0 bridgehead atoms. The van der Waals surface area contributed by atoms with E-state index in [1.807, 2.05) is 50.2 Å². The lowest BCUT2D eigenvalue weighted by Gasteiger charge is -2.24. The van der Waals surface area contributed by atoms with Gasteiger partial charge in [0.15, 0.2) is 0 Å². The fourth-order valence-corrected chi connectivity index (χ4v) is 4.15. The van der Waals surface area contributed by atoms with Gasteiger partial charge in [-0.1, -0.05) is 29.8 Å². The average Bonchev–Trinajstić information content (AvgIpc) is 3.15. The molecule has 3 heterocycles. The standard InChI is InChI=1S/C24H22N6O2/c1-14-5-4-6-17(11-14)19-12-21(31)27-23-22(19)15(2)29-30(23)24-26-20(13-25-28-24)16-7-9-18(32-3)10-8-16/h4-11,13,19H,12H2,1-3H3,(H,27,31). The first-order chi connectivity index (χ1) is 15.5. The summed E-state index contributed by atoms with van der Waals surface area (Å²) in [5.74, 6) is 1.51. The van der Waals surface area contributed by atoms with E-state index in [2.05, 4.69) is 37.7 Å². The second-order valence-electron chi connectivity index (χ2n) is 7.85. The molecule has 8 nitrogen and oxygen atoms in total. The van der Waals surface area contributed by atoms with Gasteiger partial charge in [-0.05, 0) is 43.7 Å². The molecule has 1 amide bonds. The van der Waals surface area contributed by atoms with Crippen LogP contribution in [-0.2, 0) is 4.79 Å². The van der Waals surface area contributed by atoms with Gasteiger partial charge in [-0.3, -0.25) is 4.79 Å². The van der Waals surface area contributed by atoms with Crippen LogP contribution in [-0.4, -0.2) is 38.0 Å². The van der Waals surface area contributed by atoms with Crippen molar-refractivity contribution in [2.75, 3.05) is 12.4 Å². The molecule has 0 saturated heterocycles. The molecule has 1 atom stereocenters. The molecule has 5 rings (SSSR count). The fourth-order valence-electron chi connectivity index (χ4n) is 4.15. The Balaban J connectivity index is 1.59. The molecule has 2 aromatic carbocycles. The van der Waals surface area contributed by atoms with Crippen molar-refractivity contribution in [2.24, 2.45) is 0 Å². The van der Waals surface area contributed by atoms with E-state index in [9.17, 15) is 4.79 Å². The SMILES string of the molecule is COc1ccc(-c2cnnc(-n3nc(C)c4c3NC(=O)CC4c3cccc(C)c3)n2)cc1. The van der Waals surface area contributed by atoms with Crippen LogP contribution in [0.15, 0.2) is 54.7 Å². The van der Waals surface area contributed by atoms with Crippen LogP contribution in [0.25, 0.3) is 17.2 Å². The third-order valence-electron chi connectivity index (χ3n) is 5.67. The van der Waals surface area contributed by atoms with Gasteiger partial charge in [0.25, 0.3) is 5.95 Å². The highest BCUT2D eigenvalue weighted by molar-refractivity contribution is 5.95. The van der Waals surface area contributed by atoms with Crippen LogP contribution in [0.3, 0.4) is 0 Å². The smallest absolute Gasteiger partial charge is 0.272 e. The molecule has 0 spiro atoms. The lowest BCUT2D eigenvalue weighted by atomic mass is 9.85. The molecular weight excluding hydrogens is 404 g/mol. The number of amides is 1. The van der Waals surface area contributed by atoms with Gasteiger partial charge in [0.05, 0.1) is 24.7 Å². The Hall–Kier alpha value is -4.07. The summed E-state index contributed by atoms with van der Waals surface area (Å²) in [6.07, 6.45) is 1.97. The summed E-state index contributed by atoms with van der Waals surface area (Å²) >= 11 is 0. The minimum Gasteiger partial charge on any atom is -0.497 e. The van der Waals surface area contributed by atoms with Gasteiger partial charge in [0, 0.05) is 23.5 Å². The summed E-state index contributed by atoms with van der Waals surface area (Å²) in [4.78, 5) is 17.3. The van der Waals surface area contributed by atoms with Gasteiger partial charge in [0.1, 0.15) is 11.6 Å². The zero-order valence-corrected chi connectivity index (χ0v) is 18.0. The number of aryl methyl sites for hydroxylation is 2. The number of aromatic nitrogens is 5. The monoisotopic (exact) mass is 426 g/mol. The zero-order valence-electron chi connectivity index (χ0n) is 18.0. The minimum absolute atomic E-state index is 0.0653. The summed E-state index contributed by atoms with van der Waals surface area (Å²) in [6.45, 7) is 3.99. The number of rotatable bonds is 4. The molecule has 32 heavy (non-hydrogen) atoms. The number of nitrogens with zero attached hydrogens (tertiary/aromatic N) is 5. The fraction of sp³-hybridized carbons (Fsp3) is 0.208. The van der Waals surface area contributed by atoms with E-state index < -0.39 is 0 Å². The predicted octanol–water partition coefficient (Wildman–Crippen LogP) is 3.82. The Labute approximate surface area is 185 Å². The van der Waals surface area contributed by atoms with Crippen molar-refractivity contribution in [3.63, 3.8) is 0 Å². The molecule has 0 saturated carbocycles. The average molecular weight is 426 g/mol. The molecule has 160 valence electrons. The summed E-state index contributed by atoms with van der Waals surface area (Å²) in [6, 6.07) is 15.8. The van der Waals surface area contributed by atoms with Gasteiger partial charge >= 0.3 is 0 Å². The highest BCUT2D eigenvalue weighted by atomic mass is 16.5. The molecule has 1 unspecified atom stereocenters. The van der Waals surface area contributed by atoms with Crippen molar-refractivity contribution < 1.29 is 9.53 Å². The van der Waals surface area contributed by atoms with Crippen LogP contribution in [0, 0.1) is 13.8 Å². The maximum Gasteiger partial charge on any atom is 0.272 e. The van der Waals surface area contributed by atoms with E-state index in [-0.39, 0.29) is 11.8 Å². The highest BCUT2D eigenvalue weighted by Gasteiger charge is 2.33. The summed E-state index contributed by atoms with van der Waals surface area (Å²) in [5, 5.41) is 16.0. The lowest BCUT2D eigenvalue weighted by Crippen LogP contribution is -2.25. The number of anilines is 1. The predicted molar refractivity (Wildman–Crippen MR) is 120 cm³/mol. The molecule has 1 aliphatic rings. The molecule has 2 aromatic heterocycles. The Kier molecular flexibility index (Phi) is 4.89. The molecule has 0 aliphatic carbocycles. The minimum atomic E-state index is -0.0786. The van der Waals surface area contributed by atoms with Crippen LogP contribution < -0.4 is 10.1 Å². The van der Waals surface area contributed by atoms with Gasteiger partial charge in [0.2, 0.25) is 5.91 Å². The van der Waals surface area contributed by atoms with Crippen LogP contribution in [0.2, 0.25) is 0 Å². The van der Waals surface area contributed by atoms with Crippen molar-refractivity contribution in [3.05, 3.63) is 77.1 Å². The van der Waals surface area contributed by atoms with Crippen LogP contribution in [0.5, 0.6) is 5.75 Å². The maximum atomic E-state index is 12.6. The first kappa shape index (κ1) is 19.9. The van der Waals surface area contributed by atoms with Crippen molar-refractivity contribution in [3.8, 4) is 23.0 Å². The number of benzene rings is 2. The number of hydrogen-bond donors (Lipinski definition) is 1. The Bertz CT molecular complexity index is 1310. The molecule has 0 radical (unpaired) electrons. The Morgan fingerprint density at radius 3 is 2.69 bits per heavy atom. The van der Waals surface area contributed by atoms with E-state index in [0.717, 1.165) is 33.7 Å². The molecule has 0 fully saturated rings. The van der Waals surface area contributed by atoms with Crippen LogP contribution in [0.4, 0.5) is 5.82 Å². The normalized spacial score (nSPS) is 15.2. The van der Waals surface area contributed by atoms with E-state index in [1.165, 1.54) is 0 Å². The Morgan fingerprint density at radius 2 is 1.94 bits per heavy atom. The van der Waals surface area contributed by atoms with E-state index in [0.29, 0.717) is 23.9 Å². The van der Waals surface area contributed by atoms with E-state index in [1.54, 1.807) is 18.0 Å². The summed E-state index contributed by atoms with van der Waals surface area (Å²) in [5.41, 5.74) is 5.58. The molecule has 1 aliphatic heterocycles. The van der Waals surface area contributed by atoms with Crippen molar-refractivity contribution in [2.45, 2.75) is 26.2 Å². The van der Waals surface area contributed by atoms with Crippen molar-refractivity contribution in [1.29, 1.82) is 0 Å². The molecule has 1 N–H and O–H groups in total. The number of carbonyl (C=O) groups is 1. The number of methoxy groups -OCH3 is 1. The third-order valence-corrected chi connectivity index (χ3v) is 5.67. The van der Waals surface area contributed by atoms with Crippen LogP contribution in [0.1, 0.15) is 34.7 Å². The topological polar surface area (TPSA) is 94.8 Å². The van der Waals surface area contributed by atoms with Gasteiger partial charge in [-0.15, -0.1) is 5.10 Å².